The number of alkyl halides is 3. The average Bonchev–Trinajstić information content (AvgIpc) is 2.35. The maximum absolute atomic E-state index is 12.5. The lowest BCUT2D eigenvalue weighted by atomic mass is 9.97. The Morgan fingerprint density at radius 3 is 2.14 bits per heavy atom. The molecule has 22 heavy (non-hydrogen) atoms. The van der Waals surface area contributed by atoms with Crippen molar-refractivity contribution < 1.29 is 18.0 Å². The first-order valence-electron chi connectivity index (χ1n) is 7.18. The fourth-order valence-corrected chi connectivity index (χ4v) is 1.85. The van der Waals surface area contributed by atoms with Gasteiger partial charge in [0.25, 0.3) is 0 Å². The molecule has 0 fully saturated rings. The van der Waals surface area contributed by atoms with Gasteiger partial charge in [-0.25, -0.2) is 4.79 Å². The molecule has 0 aliphatic heterocycles. The molecular weight excluding hydrogens is 293 g/mol. The van der Waals surface area contributed by atoms with Crippen LogP contribution in [-0.2, 0) is 12.6 Å². The second kappa shape index (κ2) is 7.03. The predicted molar refractivity (Wildman–Crippen MR) is 80.6 cm³/mol. The van der Waals surface area contributed by atoms with Gasteiger partial charge in [-0.3, -0.25) is 0 Å². The van der Waals surface area contributed by atoms with E-state index < -0.39 is 11.7 Å². The number of urea groups is 1. The van der Waals surface area contributed by atoms with Crippen LogP contribution in [0.1, 0.15) is 38.8 Å². The van der Waals surface area contributed by atoms with Crippen LogP contribution in [-0.4, -0.2) is 18.6 Å². The second-order valence-electron chi connectivity index (χ2n) is 6.69. The van der Waals surface area contributed by atoms with Gasteiger partial charge in [-0.1, -0.05) is 32.9 Å². The van der Waals surface area contributed by atoms with E-state index in [0.29, 0.717) is 13.0 Å². The van der Waals surface area contributed by atoms with Gasteiger partial charge in [0.1, 0.15) is 0 Å². The Morgan fingerprint density at radius 1 is 1.14 bits per heavy atom. The van der Waals surface area contributed by atoms with E-state index in [1.54, 1.807) is 0 Å². The molecule has 6 heteroatoms. The first-order chi connectivity index (χ1) is 9.97. The van der Waals surface area contributed by atoms with Crippen molar-refractivity contribution >= 4 is 6.03 Å². The fraction of sp³-hybridized carbons (Fsp3) is 0.562. The Kier molecular flexibility index (Phi) is 5.85. The third-order valence-corrected chi connectivity index (χ3v) is 2.98. The van der Waals surface area contributed by atoms with E-state index in [2.05, 4.69) is 10.6 Å². The lowest BCUT2D eigenvalue weighted by Crippen LogP contribution is -2.44. The highest BCUT2D eigenvalue weighted by atomic mass is 19.4. The third-order valence-electron chi connectivity index (χ3n) is 2.98. The number of carbonyl (C=O) groups excluding carboxylic acids is 1. The topological polar surface area (TPSA) is 41.1 Å². The van der Waals surface area contributed by atoms with E-state index >= 15 is 0 Å². The summed E-state index contributed by atoms with van der Waals surface area (Å²) >= 11 is 0. The molecule has 1 unspecified atom stereocenters. The van der Waals surface area contributed by atoms with Gasteiger partial charge >= 0.3 is 12.2 Å². The summed E-state index contributed by atoms with van der Waals surface area (Å²) in [6.45, 7) is 8.40. The van der Waals surface area contributed by atoms with Gasteiger partial charge in [0, 0.05) is 12.6 Å². The molecule has 0 aliphatic carbocycles. The second-order valence-corrected chi connectivity index (χ2v) is 6.69. The van der Waals surface area contributed by atoms with Gasteiger partial charge in [0.2, 0.25) is 0 Å². The monoisotopic (exact) mass is 316 g/mol. The molecule has 0 aliphatic rings. The molecule has 1 rings (SSSR count). The lowest BCUT2D eigenvalue weighted by Gasteiger charge is -2.20. The van der Waals surface area contributed by atoms with Crippen molar-refractivity contribution in [2.24, 2.45) is 5.41 Å². The van der Waals surface area contributed by atoms with Crippen LogP contribution in [0.2, 0.25) is 0 Å². The molecule has 0 bridgehead atoms. The van der Waals surface area contributed by atoms with E-state index in [-0.39, 0.29) is 17.5 Å². The number of hydrogen-bond acceptors (Lipinski definition) is 1. The molecule has 0 aromatic heterocycles. The van der Waals surface area contributed by atoms with Crippen molar-refractivity contribution in [3.8, 4) is 0 Å². The van der Waals surface area contributed by atoms with Gasteiger partial charge in [0.05, 0.1) is 5.56 Å². The molecule has 124 valence electrons. The summed E-state index contributed by atoms with van der Waals surface area (Å²) in [5.74, 6) is 0. The zero-order chi connectivity index (χ0) is 17.0. The molecule has 1 aromatic carbocycles. The molecule has 0 heterocycles. The Balaban J connectivity index is 2.48. The number of nitrogens with one attached hydrogen (secondary N) is 2. The maximum atomic E-state index is 12.5. The predicted octanol–water partition coefficient (Wildman–Crippen LogP) is 3.98. The Morgan fingerprint density at radius 2 is 1.68 bits per heavy atom. The molecule has 0 saturated heterocycles. The zero-order valence-corrected chi connectivity index (χ0v) is 13.3. The van der Waals surface area contributed by atoms with Crippen molar-refractivity contribution in [2.45, 2.75) is 46.3 Å². The Hall–Kier alpha value is -1.72. The quantitative estimate of drug-likeness (QED) is 0.866. The number of hydrogen-bond donors (Lipinski definition) is 2. The van der Waals surface area contributed by atoms with Gasteiger partial charge in [-0.2, -0.15) is 13.2 Å². The van der Waals surface area contributed by atoms with Crippen LogP contribution in [0.5, 0.6) is 0 Å². The smallest absolute Gasteiger partial charge is 0.338 e. The molecule has 3 nitrogen and oxygen atoms in total. The lowest BCUT2D eigenvalue weighted by molar-refractivity contribution is -0.137. The summed E-state index contributed by atoms with van der Waals surface area (Å²) < 4.78 is 37.4. The van der Waals surface area contributed by atoms with Crippen LogP contribution in [0.3, 0.4) is 0 Å². The Labute approximate surface area is 129 Å². The van der Waals surface area contributed by atoms with Crippen molar-refractivity contribution in [2.75, 3.05) is 6.54 Å². The summed E-state index contributed by atoms with van der Waals surface area (Å²) in [6.07, 6.45) is -3.85. The van der Waals surface area contributed by atoms with Crippen molar-refractivity contribution in [1.29, 1.82) is 0 Å². The average molecular weight is 316 g/mol. The van der Waals surface area contributed by atoms with Gasteiger partial charge < -0.3 is 10.6 Å². The summed E-state index contributed by atoms with van der Waals surface area (Å²) in [7, 11) is 0. The molecule has 0 radical (unpaired) electrons. The van der Waals surface area contributed by atoms with Crippen molar-refractivity contribution in [3.05, 3.63) is 35.4 Å². The maximum Gasteiger partial charge on any atom is 0.416 e. The summed E-state index contributed by atoms with van der Waals surface area (Å²) in [6, 6.07) is 4.55. The van der Waals surface area contributed by atoms with Crippen LogP contribution in [0.25, 0.3) is 0 Å². The highest BCUT2D eigenvalue weighted by Crippen LogP contribution is 2.29. The first kappa shape index (κ1) is 18.3. The van der Waals surface area contributed by atoms with Gasteiger partial charge in [-0.05, 0) is 36.5 Å². The van der Waals surface area contributed by atoms with E-state index in [1.165, 1.54) is 12.1 Å². The third kappa shape index (κ3) is 6.83. The molecule has 1 atom stereocenters. The first-order valence-corrected chi connectivity index (χ1v) is 7.18. The minimum absolute atomic E-state index is 0.00595. The van der Waals surface area contributed by atoms with E-state index in [4.69, 9.17) is 0 Å². The molecule has 2 N–H and O–H groups in total. The molecule has 1 aromatic rings. The molecule has 0 spiro atoms. The van der Waals surface area contributed by atoms with Gasteiger partial charge in [-0.15, -0.1) is 0 Å². The SMILES string of the molecule is CC(Cc1ccc(C(F)(F)F)cc1)NC(=O)NCC(C)(C)C. The minimum Gasteiger partial charge on any atom is -0.338 e. The highest BCUT2D eigenvalue weighted by Gasteiger charge is 2.29. The standard InChI is InChI=1S/C16H23F3N2O/c1-11(21-14(22)20-10-15(2,3)4)9-12-5-7-13(8-6-12)16(17,18)19/h5-8,11H,9-10H2,1-4H3,(H2,20,21,22). The number of rotatable bonds is 4. The van der Waals surface area contributed by atoms with E-state index in [0.717, 1.165) is 17.7 Å². The van der Waals surface area contributed by atoms with Crippen LogP contribution in [0.4, 0.5) is 18.0 Å². The van der Waals surface area contributed by atoms with Crippen molar-refractivity contribution in [3.63, 3.8) is 0 Å². The largest absolute Gasteiger partial charge is 0.416 e. The Bertz CT molecular complexity index is 490. The van der Waals surface area contributed by atoms with E-state index in [9.17, 15) is 18.0 Å². The number of benzene rings is 1. The normalized spacial score (nSPS) is 13.6. The number of halogens is 3. The fourth-order valence-electron chi connectivity index (χ4n) is 1.85. The van der Waals surface area contributed by atoms with Crippen molar-refractivity contribution in [1.82, 2.24) is 10.6 Å². The summed E-state index contributed by atoms with van der Waals surface area (Å²) in [4.78, 5) is 11.7. The highest BCUT2D eigenvalue weighted by molar-refractivity contribution is 5.74. The van der Waals surface area contributed by atoms with Gasteiger partial charge in [0.15, 0.2) is 0 Å². The van der Waals surface area contributed by atoms with Crippen LogP contribution in [0, 0.1) is 5.41 Å². The van der Waals surface area contributed by atoms with Crippen LogP contribution in [0.15, 0.2) is 24.3 Å². The molecule has 2 amide bonds. The summed E-state index contributed by atoms with van der Waals surface area (Å²) in [5, 5.41) is 5.54. The number of carbonyl (C=O) groups is 1. The summed E-state index contributed by atoms with van der Waals surface area (Å²) in [5.41, 5.74) is 0.0741. The minimum atomic E-state index is -4.32. The van der Waals surface area contributed by atoms with Crippen LogP contribution >= 0.6 is 0 Å². The zero-order valence-electron chi connectivity index (χ0n) is 13.3. The van der Waals surface area contributed by atoms with Crippen LogP contribution < -0.4 is 10.6 Å². The molecule has 0 saturated carbocycles. The number of amides is 2. The molecular formula is C16H23F3N2O. The van der Waals surface area contributed by atoms with E-state index in [1.807, 2.05) is 27.7 Å².